The van der Waals surface area contributed by atoms with E-state index in [1.807, 2.05) is 24.3 Å². The van der Waals surface area contributed by atoms with E-state index >= 15 is 0 Å². The lowest BCUT2D eigenvalue weighted by atomic mass is 9.65. The second-order valence-corrected chi connectivity index (χ2v) is 14.0. The first kappa shape index (κ1) is 31.8. The highest BCUT2D eigenvalue weighted by atomic mass is 15.0. The van der Waals surface area contributed by atoms with E-state index in [1.54, 1.807) is 0 Å². The molecule has 0 saturated heterocycles. The van der Waals surface area contributed by atoms with E-state index in [-0.39, 0.29) is 5.41 Å². The van der Waals surface area contributed by atoms with Crippen LogP contribution in [0.1, 0.15) is 48.8 Å². The van der Waals surface area contributed by atoms with Gasteiger partial charge in [-0.3, -0.25) is 0 Å². The highest BCUT2D eigenvalue weighted by Crippen LogP contribution is 2.46. The Morgan fingerprint density at radius 3 is 1.50 bits per heavy atom. The number of aromatic nitrogens is 3. The van der Waals surface area contributed by atoms with Crippen molar-refractivity contribution in [1.82, 2.24) is 15.0 Å². The van der Waals surface area contributed by atoms with Crippen LogP contribution in [0.5, 0.6) is 0 Å². The monoisotopic (exact) mass is 672 g/mol. The van der Waals surface area contributed by atoms with Crippen molar-refractivity contribution in [3.8, 4) is 56.4 Å². The van der Waals surface area contributed by atoms with Gasteiger partial charge in [0.1, 0.15) is 0 Å². The Morgan fingerprint density at radius 1 is 0.423 bits per heavy atom. The predicted molar refractivity (Wildman–Crippen MR) is 215 cm³/mol. The van der Waals surface area contributed by atoms with Crippen molar-refractivity contribution in [2.45, 2.75) is 37.5 Å². The van der Waals surface area contributed by atoms with Gasteiger partial charge in [-0.05, 0) is 46.2 Å². The number of anilines is 1. The molecule has 4 nitrogen and oxygen atoms in total. The Morgan fingerprint density at radius 2 is 0.904 bits per heavy atom. The van der Waals surface area contributed by atoms with Crippen LogP contribution in [0, 0.1) is 0 Å². The van der Waals surface area contributed by atoms with Crippen molar-refractivity contribution in [3.05, 3.63) is 174 Å². The molecular formula is C48H40N4. The van der Waals surface area contributed by atoms with E-state index < -0.39 is 0 Å². The van der Waals surface area contributed by atoms with E-state index in [1.165, 1.54) is 58.3 Å². The molecule has 7 aromatic rings. The number of benzene rings is 6. The molecule has 1 aromatic heterocycles. The smallest absolute Gasteiger partial charge is 0.164 e. The van der Waals surface area contributed by atoms with Gasteiger partial charge in [0.05, 0.1) is 0 Å². The van der Waals surface area contributed by atoms with Crippen LogP contribution in [-0.2, 0) is 5.41 Å². The fraction of sp³-hybridized carbons (Fsp3) is 0.146. The molecule has 9 rings (SSSR count). The summed E-state index contributed by atoms with van der Waals surface area (Å²) in [4.78, 5) is 15.0. The molecule has 4 heteroatoms. The zero-order valence-corrected chi connectivity index (χ0v) is 29.2. The Balaban J connectivity index is 1.06. The largest absolute Gasteiger partial charge is 0.381 e. The second-order valence-electron chi connectivity index (χ2n) is 14.0. The molecule has 0 unspecified atom stereocenters. The van der Waals surface area contributed by atoms with Crippen LogP contribution in [0.3, 0.4) is 0 Å². The number of rotatable bonds is 7. The van der Waals surface area contributed by atoms with Crippen LogP contribution in [0.25, 0.3) is 62.5 Å². The number of hydrogen-bond donors (Lipinski definition) is 1. The molecule has 0 amide bonds. The molecule has 52 heavy (non-hydrogen) atoms. The van der Waals surface area contributed by atoms with Crippen LogP contribution in [-0.4, -0.2) is 21.5 Å². The Labute approximate surface area is 306 Å². The number of para-hydroxylation sites is 1. The van der Waals surface area contributed by atoms with Crippen molar-refractivity contribution in [2.75, 3.05) is 11.9 Å². The SMILES string of the molecule is C1=Cc2cccc(-c3ccc(C4(c5ccc(-c6nc(-c7ccccc7)nc(-c7ccc(-c8ccccc8)cc7)n6)cc5)CCCCC4)cc3)c2NC1. The lowest BCUT2D eigenvalue weighted by Gasteiger charge is -2.39. The lowest BCUT2D eigenvalue weighted by molar-refractivity contribution is 0.346. The van der Waals surface area contributed by atoms with Crippen LogP contribution in [0.4, 0.5) is 5.69 Å². The minimum absolute atomic E-state index is 0.0215. The first-order chi connectivity index (χ1) is 25.7. The van der Waals surface area contributed by atoms with Gasteiger partial charge in [0.15, 0.2) is 17.5 Å². The van der Waals surface area contributed by atoms with E-state index in [0.29, 0.717) is 17.5 Å². The van der Waals surface area contributed by atoms with E-state index in [4.69, 9.17) is 15.0 Å². The van der Waals surface area contributed by atoms with Crippen LogP contribution < -0.4 is 5.32 Å². The van der Waals surface area contributed by atoms with Gasteiger partial charge in [-0.25, -0.2) is 15.0 Å². The predicted octanol–water partition coefficient (Wildman–Crippen LogP) is 11.9. The molecule has 1 aliphatic heterocycles. The topological polar surface area (TPSA) is 50.7 Å². The van der Waals surface area contributed by atoms with E-state index in [2.05, 4.69) is 145 Å². The summed E-state index contributed by atoms with van der Waals surface area (Å²) in [5.74, 6) is 2.02. The second kappa shape index (κ2) is 13.9. The molecule has 6 aromatic carbocycles. The standard InChI is InChI=1S/C48H40N4/c1-4-12-34(13-5-1)35-19-21-39(22-20-35)46-50-45(38-14-6-2-7-15-38)51-47(52-46)40-25-29-42(30-26-40)48(31-8-3-9-32-48)41-27-23-36(24-28-41)43-18-10-16-37-17-11-33-49-44(37)43/h1-2,4-7,10-30,49H,3,8-9,31-33H2. The summed E-state index contributed by atoms with van der Waals surface area (Å²) in [7, 11) is 0. The first-order valence-corrected chi connectivity index (χ1v) is 18.5. The molecule has 0 atom stereocenters. The summed E-state index contributed by atoms with van der Waals surface area (Å²) in [5.41, 5.74) is 13.0. The number of hydrogen-bond acceptors (Lipinski definition) is 4. The summed E-state index contributed by atoms with van der Waals surface area (Å²) in [5, 5.41) is 3.59. The zero-order chi connectivity index (χ0) is 34.7. The van der Waals surface area contributed by atoms with Gasteiger partial charge in [-0.2, -0.15) is 0 Å². The quantitative estimate of drug-likeness (QED) is 0.183. The average molecular weight is 673 g/mol. The molecule has 1 fully saturated rings. The molecule has 1 aliphatic carbocycles. The molecule has 1 saturated carbocycles. The van der Waals surface area contributed by atoms with Crippen LogP contribution in [0.2, 0.25) is 0 Å². The lowest BCUT2D eigenvalue weighted by Crippen LogP contribution is -2.30. The maximum absolute atomic E-state index is 5.06. The van der Waals surface area contributed by atoms with Gasteiger partial charge in [0.2, 0.25) is 0 Å². The first-order valence-electron chi connectivity index (χ1n) is 18.5. The Hall–Kier alpha value is -6.13. The van der Waals surface area contributed by atoms with E-state index in [9.17, 15) is 0 Å². The highest BCUT2D eigenvalue weighted by molar-refractivity contribution is 5.86. The van der Waals surface area contributed by atoms with Gasteiger partial charge in [-0.15, -0.1) is 0 Å². The maximum atomic E-state index is 5.06. The van der Waals surface area contributed by atoms with Crippen LogP contribution in [0.15, 0.2) is 158 Å². The summed E-state index contributed by atoms with van der Waals surface area (Å²) >= 11 is 0. The fourth-order valence-corrected chi connectivity index (χ4v) is 8.09. The number of nitrogens with zero attached hydrogens (tertiary/aromatic N) is 3. The summed E-state index contributed by atoms with van der Waals surface area (Å²) in [6.45, 7) is 0.864. The zero-order valence-electron chi connectivity index (χ0n) is 29.2. The van der Waals surface area contributed by atoms with Gasteiger partial charge in [-0.1, -0.05) is 183 Å². The van der Waals surface area contributed by atoms with E-state index in [0.717, 1.165) is 41.6 Å². The summed E-state index contributed by atoms with van der Waals surface area (Å²) < 4.78 is 0. The third-order valence-corrected chi connectivity index (χ3v) is 10.9. The molecule has 2 aliphatic rings. The van der Waals surface area contributed by atoms with Gasteiger partial charge in [0.25, 0.3) is 0 Å². The molecule has 0 radical (unpaired) electrons. The summed E-state index contributed by atoms with van der Waals surface area (Å²) in [6, 6.07) is 54.1. The minimum Gasteiger partial charge on any atom is -0.381 e. The van der Waals surface area contributed by atoms with Crippen molar-refractivity contribution in [2.24, 2.45) is 0 Å². The molecule has 0 bridgehead atoms. The third kappa shape index (κ3) is 6.11. The Bertz CT molecular complexity index is 2340. The third-order valence-electron chi connectivity index (χ3n) is 10.9. The minimum atomic E-state index is -0.0215. The summed E-state index contributed by atoms with van der Waals surface area (Å²) in [6.07, 6.45) is 10.4. The molecule has 1 N–H and O–H groups in total. The van der Waals surface area contributed by atoms with Crippen molar-refractivity contribution in [3.63, 3.8) is 0 Å². The van der Waals surface area contributed by atoms with Gasteiger partial charge < -0.3 is 5.32 Å². The maximum Gasteiger partial charge on any atom is 0.164 e. The number of nitrogens with one attached hydrogen (secondary N) is 1. The highest BCUT2D eigenvalue weighted by Gasteiger charge is 2.35. The molecular weight excluding hydrogens is 633 g/mol. The van der Waals surface area contributed by atoms with Gasteiger partial charge >= 0.3 is 0 Å². The van der Waals surface area contributed by atoms with Gasteiger partial charge in [0, 0.05) is 39.9 Å². The number of fused-ring (bicyclic) bond motifs is 1. The molecule has 0 spiro atoms. The van der Waals surface area contributed by atoms with Crippen molar-refractivity contribution in [1.29, 1.82) is 0 Å². The van der Waals surface area contributed by atoms with Crippen LogP contribution >= 0.6 is 0 Å². The average Bonchev–Trinajstić information content (AvgIpc) is 3.24. The fourth-order valence-electron chi connectivity index (χ4n) is 8.09. The Kier molecular flexibility index (Phi) is 8.50. The van der Waals surface area contributed by atoms with Crippen molar-refractivity contribution < 1.29 is 0 Å². The molecule has 252 valence electrons. The normalized spacial score (nSPS) is 14.7. The van der Waals surface area contributed by atoms with Crippen molar-refractivity contribution >= 4 is 11.8 Å². The molecule has 2 heterocycles.